The highest BCUT2D eigenvalue weighted by Gasteiger charge is 2.27. The number of phenolic OH excluding ortho intramolecular Hbond substituents is 1. The molecular formula is C16H15NO4. The normalized spacial score (nSPS) is 16.3. The summed E-state index contributed by atoms with van der Waals surface area (Å²) in [6.45, 7) is 1.89. The average Bonchev–Trinajstić information content (AvgIpc) is 2.51. The Morgan fingerprint density at radius 1 is 1.19 bits per heavy atom. The molecule has 1 amide bonds. The number of nitrogens with one attached hydrogen (secondary N) is 1. The Morgan fingerprint density at radius 2 is 1.95 bits per heavy atom. The second-order valence-corrected chi connectivity index (χ2v) is 4.80. The van der Waals surface area contributed by atoms with E-state index in [2.05, 4.69) is 5.32 Å². The summed E-state index contributed by atoms with van der Waals surface area (Å²) in [6, 6.07) is 12.2. The van der Waals surface area contributed by atoms with Crippen molar-refractivity contribution in [3.05, 3.63) is 48.0 Å². The molecule has 5 heteroatoms. The highest BCUT2D eigenvalue weighted by molar-refractivity contribution is 5.95. The summed E-state index contributed by atoms with van der Waals surface area (Å²) in [5.41, 5.74) is 1.17. The summed E-state index contributed by atoms with van der Waals surface area (Å²) in [4.78, 5) is 12.2. The largest absolute Gasteiger partial charge is 0.508 e. The molecule has 1 aliphatic heterocycles. The van der Waals surface area contributed by atoms with Crippen molar-refractivity contribution in [3.63, 3.8) is 0 Å². The first-order valence-electron chi connectivity index (χ1n) is 6.63. The van der Waals surface area contributed by atoms with Gasteiger partial charge in [0.05, 0.1) is 0 Å². The van der Waals surface area contributed by atoms with Crippen LogP contribution in [0.4, 0.5) is 5.69 Å². The van der Waals surface area contributed by atoms with E-state index in [0.717, 1.165) is 0 Å². The molecular weight excluding hydrogens is 270 g/mol. The minimum absolute atomic E-state index is 0.138. The van der Waals surface area contributed by atoms with Crippen molar-refractivity contribution >= 4 is 11.6 Å². The molecule has 1 aliphatic rings. The Kier molecular flexibility index (Phi) is 3.39. The zero-order valence-electron chi connectivity index (χ0n) is 11.5. The van der Waals surface area contributed by atoms with Crippen LogP contribution in [0, 0.1) is 6.92 Å². The van der Waals surface area contributed by atoms with Gasteiger partial charge in [0, 0.05) is 11.3 Å². The lowest BCUT2D eigenvalue weighted by atomic mass is 10.1. The van der Waals surface area contributed by atoms with Crippen LogP contribution in [0.1, 0.15) is 5.56 Å². The van der Waals surface area contributed by atoms with Crippen molar-refractivity contribution in [2.45, 2.75) is 13.0 Å². The standard InChI is InChI=1S/C16H15NO4/c1-10-11(5-4-6-12(10)18)17-16(19)15-9-20-13-7-2-3-8-14(13)21-15/h2-8,15,18H,9H2,1H3,(H,17,19). The van der Waals surface area contributed by atoms with E-state index in [-0.39, 0.29) is 18.3 Å². The predicted molar refractivity (Wildman–Crippen MR) is 77.8 cm³/mol. The number of fused-ring (bicyclic) bond motifs is 1. The SMILES string of the molecule is Cc1c(O)cccc1NC(=O)C1COc2ccccc2O1. The number of carbonyl (C=O) groups excluding carboxylic acids is 1. The monoisotopic (exact) mass is 285 g/mol. The van der Waals surface area contributed by atoms with Gasteiger partial charge in [-0.3, -0.25) is 4.79 Å². The van der Waals surface area contributed by atoms with Gasteiger partial charge in [0.2, 0.25) is 6.10 Å². The van der Waals surface area contributed by atoms with E-state index in [1.807, 2.05) is 12.1 Å². The van der Waals surface area contributed by atoms with Crippen LogP contribution >= 0.6 is 0 Å². The fourth-order valence-electron chi connectivity index (χ4n) is 2.12. The van der Waals surface area contributed by atoms with E-state index in [1.165, 1.54) is 0 Å². The van der Waals surface area contributed by atoms with E-state index < -0.39 is 6.10 Å². The molecule has 0 aliphatic carbocycles. The molecule has 0 saturated carbocycles. The van der Waals surface area contributed by atoms with Gasteiger partial charge in [-0.25, -0.2) is 0 Å². The first-order chi connectivity index (χ1) is 10.1. The highest BCUT2D eigenvalue weighted by Crippen LogP contribution is 2.31. The molecule has 108 valence electrons. The highest BCUT2D eigenvalue weighted by atomic mass is 16.6. The molecule has 2 aromatic rings. The first kappa shape index (κ1) is 13.3. The van der Waals surface area contributed by atoms with Crippen LogP contribution in [0.2, 0.25) is 0 Å². The van der Waals surface area contributed by atoms with Gasteiger partial charge in [-0.05, 0) is 31.2 Å². The number of rotatable bonds is 2. The lowest BCUT2D eigenvalue weighted by Crippen LogP contribution is -2.40. The van der Waals surface area contributed by atoms with Gasteiger partial charge in [-0.2, -0.15) is 0 Å². The molecule has 0 aromatic heterocycles. The average molecular weight is 285 g/mol. The van der Waals surface area contributed by atoms with E-state index in [1.54, 1.807) is 37.3 Å². The zero-order chi connectivity index (χ0) is 14.8. The van der Waals surface area contributed by atoms with Crippen molar-refractivity contribution < 1.29 is 19.4 Å². The molecule has 0 radical (unpaired) electrons. The zero-order valence-corrected chi connectivity index (χ0v) is 11.5. The van der Waals surface area contributed by atoms with Crippen molar-refractivity contribution in [2.75, 3.05) is 11.9 Å². The van der Waals surface area contributed by atoms with Crippen molar-refractivity contribution in [2.24, 2.45) is 0 Å². The molecule has 21 heavy (non-hydrogen) atoms. The van der Waals surface area contributed by atoms with Crippen LogP contribution < -0.4 is 14.8 Å². The maximum Gasteiger partial charge on any atom is 0.269 e. The second-order valence-electron chi connectivity index (χ2n) is 4.80. The van der Waals surface area contributed by atoms with E-state index in [4.69, 9.17) is 9.47 Å². The molecule has 0 fully saturated rings. The Labute approximate surface area is 122 Å². The minimum Gasteiger partial charge on any atom is -0.508 e. The third kappa shape index (κ3) is 2.63. The molecule has 2 aromatic carbocycles. The number of benzene rings is 2. The van der Waals surface area contributed by atoms with Gasteiger partial charge in [-0.1, -0.05) is 18.2 Å². The van der Waals surface area contributed by atoms with E-state index in [0.29, 0.717) is 22.7 Å². The molecule has 1 atom stereocenters. The number of ether oxygens (including phenoxy) is 2. The number of anilines is 1. The van der Waals surface area contributed by atoms with Crippen LogP contribution in [0.3, 0.4) is 0 Å². The fourth-order valence-corrected chi connectivity index (χ4v) is 2.12. The van der Waals surface area contributed by atoms with Gasteiger partial charge in [0.1, 0.15) is 12.4 Å². The second kappa shape index (κ2) is 5.36. The van der Waals surface area contributed by atoms with Gasteiger partial charge in [0.15, 0.2) is 11.5 Å². The predicted octanol–water partition coefficient (Wildman–Crippen LogP) is 2.48. The Morgan fingerprint density at radius 3 is 2.76 bits per heavy atom. The van der Waals surface area contributed by atoms with E-state index in [9.17, 15) is 9.90 Å². The maximum atomic E-state index is 12.2. The number of amides is 1. The van der Waals surface area contributed by atoms with Gasteiger partial charge in [-0.15, -0.1) is 0 Å². The summed E-state index contributed by atoms with van der Waals surface area (Å²) < 4.78 is 11.2. The van der Waals surface area contributed by atoms with Crippen LogP contribution in [0.25, 0.3) is 0 Å². The topological polar surface area (TPSA) is 67.8 Å². The summed E-state index contributed by atoms with van der Waals surface area (Å²) in [5, 5.41) is 12.4. The smallest absolute Gasteiger partial charge is 0.269 e. The van der Waals surface area contributed by atoms with Crippen LogP contribution in [-0.4, -0.2) is 23.7 Å². The molecule has 3 rings (SSSR count). The molecule has 0 spiro atoms. The first-order valence-corrected chi connectivity index (χ1v) is 6.63. The summed E-state index contributed by atoms with van der Waals surface area (Å²) in [7, 11) is 0. The summed E-state index contributed by atoms with van der Waals surface area (Å²) in [6.07, 6.45) is -0.721. The lowest BCUT2D eigenvalue weighted by molar-refractivity contribution is -0.125. The minimum atomic E-state index is -0.721. The van der Waals surface area contributed by atoms with Crippen molar-refractivity contribution in [1.29, 1.82) is 0 Å². The number of para-hydroxylation sites is 2. The third-order valence-electron chi connectivity index (χ3n) is 3.36. The van der Waals surface area contributed by atoms with Crippen LogP contribution in [0.5, 0.6) is 17.2 Å². The number of carbonyl (C=O) groups is 1. The molecule has 1 unspecified atom stereocenters. The molecule has 0 saturated heterocycles. The summed E-state index contributed by atoms with van der Waals surface area (Å²) in [5.74, 6) is 1.02. The van der Waals surface area contributed by atoms with Crippen molar-refractivity contribution in [3.8, 4) is 17.2 Å². The summed E-state index contributed by atoms with van der Waals surface area (Å²) >= 11 is 0. The van der Waals surface area contributed by atoms with Gasteiger partial charge < -0.3 is 19.9 Å². The number of hydrogen-bond acceptors (Lipinski definition) is 4. The Hall–Kier alpha value is -2.69. The maximum absolute atomic E-state index is 12.2. The molecule has 0 bridgehead atoms. The van der Waals surface area contributed by atoms with Gasteiger partial charge in [0.25, 0.3) is 5.91 Å². The van der Waals surface area contributed by atoms with Gasteiger partial charge >= 0.3 is 0 Å². The van der Waals surface area contributed by atoms with Crippen molar-refractivity contribution in [1.82, 2.24) is 0 Å². The van der Waals surface area contributed by atoms with Crippen LogP contribution in [-0.2, 0) is 4.79 Å². The molecule has 2 N–H and O–H groups in total. The quantitative estimate of drug-likeness (QED) is 0.889. The number of aromatic hydroxyl groups is 1. The lowest BCUT2D eigenvalue weighted by Gasteiger charge is -2.25. The molecule has 5 nitrogen and oxygen atoms in total. The third-order valence-corrected chi connectivity index (χ3v) is 3.36. The number of hydrogen-bond donors (Lipinski definition) is 2. The van der Waals surface area contributed by atoms with Crippen LogP contribution in [0.15, 0.2) is 42.5 Å². The molecule has 1 heterocycles. The Bertz CT molecular complexity index is 684. The Balaban J connectivity index is 1.74. The van der Waals surface area contributed by atoms with E-state index >= 15 is 0 Å². The number of phenols is 1. The fraction of sp³-hybridized carbons (Fsp3) is 0.188.